The van der Waals surface area contributed by atoms with E-state index < -0.39 is 0 Å². The van der Waals surface area contributed by atoms with Crippen molar-refractivity contribution in [2.24, 2.45) is 0 Å². The summed E-state index contributed by atoms with van der Waals surface area (Å²) in [5.74, 6) is 0.181. The van der Waals surface area contributed by atoms with E-state index in [0.717, 1.165) is 30.8 Å². The second-order valence-corrected chi connectivity index (χ2v) is 9.14. The van der Waals surface area contributed by atoms with Crippen LogP contribution < -0.4 is 4.90 Å². The van der Waals surface area contributed by atoms with E-state index in [-0.39, 0.29) is 11.9 Å². The number of rotatable bonds is 7. The number of aryl methyl sites for hydroxylation is 2. The minimum Gasteiger partial charge on any atom is -0.310 e. The van der Waals surface area contributed by atoms with Crippen LogP contribution in [0.3, 0.4) is 0 Å². The summed E-state index contributed by atoms with van der Waals surface area (Å²) in [6, 6.07) is 21.3. The highest BCUT2D eigenvalue weighted by molar-refractivity contribution is 5.95. The van der Waals surface area contributed by atoms with Gasteiger partial charge in [0.1, 0.15) is 0 Å². The summed E-state index contributed by atoms with van der Waals surface area (Å²) in [6.07, 6.45) is 8.42. The molecule has 0 N–H and O–H groups in total. The SMILES string of the molecule is O=C1CC(n2ccc(CCc3ccccc3)n2)CN1c1ccc(CN2CCCCC2)cc1. The molecule has 2 aliphatic rings. The molecule has 32 heavy (non-hydrogen) atoms. The molecular weight excluding hydrogens is 396 g/mol. The average molecular weight is 429 g/mol. The van der Waals surface area contributed by atoms with Gasteiger partial charge in [-0.25, -0.2) is 0 Å². The molecule has 1 amide bonds. The average Bonchev–Trinajstić information content (AvgIpc) is 3.46. The molecule has 1 aromatic heterocycles. The Bertz CT molecular complexity index is 1020. The van der Waals surface area contributed by atoms with Crippen molar-refractivity contribution >= 4 is 11.6 Å². The van der Waals surface area contributed by atoms with E-state index in [1.165, 1.54) is 43.5 Å². The number of hydrogen-bond acceptors (Lipinski definition) is 3. The third kappa shape index (κ3) is 4.94. The molecule has 0 bridgehead atoms. The van der Waals surface area contributed by atoms with Gasteiger partial charge >= 0.3 is 0 Å². The van der Waals surface area contributed by atoms with Gasteiger partial charge in [-0.1, -0.05) is 48.9 Å². The molecule has 2 fully saturated rings. The maximum absolute atomic E-state index is 12.8. The standard InChI is InChI=1S/C27H32N4O/c32-27-19-26(31-18-15-24(28-31)12-9-22-7-3-1-4-8-22)21-30(27)25-13-10-23(11-14-25)20-29-16-5-2-6-17-29/h1,3-4,7-8,10-11,13-15,18,26H,2,5-6,9,12,16-17,19-21H2. The number of carbonyl (C=O) groups is 1. The molecule has 0 spiro atoms. The third-order valence-corrected chi connectivity index (χ3v) is 6.76. The van der Waals surface area contributed by atoms with Crippen LogP contribution in [0.5, 0.6) is 0 Å². The van der Waals surface area contributed by atoms with Gasteiger partial charge in [-0.2, -0.15) is 5.10 Å². The Morgan fingerprint density at radius 1 is 0.844 bits per heavy atom. The van der Waals surface area contributed by atoms with Crippen molar-refractivity contribution in [1.29, 1.82) is 0 Å². The molecule has 5 nitrogen and oxygen atoms in total. The Morgan fingerprint density at radius 2 is 1.62 bits per heavy atom. The lowest BCUT2D eigenvalue weighted by atomic mass is 10.1. The number of hydrogen-bond donors (Lipinski definition) is 0. The number of benzene rings is 2. The van der Waals surface area contributed by atoms with E-state index in [4.69, 9.17) is 5.10 Å². The summed E-state index contributed by atoms with van der Waals surface area (Å²) >= 11 is 0. The van der Waals surface area contributed by atoms with E-state index in [1.54, 1.807) is 0 Å². The number of carbonyl (C=O) groups excluding carboxylic acids is 1. The first-order chi connectivity index (χ1) is 15.7. The summed E-state index contributed by atoms with van der Waals surface area (Å²) in [4.78, 5) is 17.2. The monoisotopic (exact) mass is 428 g/mol. The van der Waals surface area contributed by atoms with Crippen molar-refractivity contribution in [1.82, 2.24) is 14.7 Å². The molecule has 2 aromatic carbocycles. The quantitative estimate of drug-likeness (QED) is 0.551. The number of piperidine rings is 1. The zero-order chi connectivity index (χ0) is 21.8. The van der Waals surface area contributed by atoms with Crippen LogP contribution in [0, 0.1) is 0 Å². The molecule has 2 aliphatic heterocycles. The van der Waals surface area contributed by atoms with Crippen molar-refractivity contribution < 1.29 is 4.79 Å². The highest BCUT2D eigenvalue weighted by Gasteiger charge is 2.32. The van der Waals surface area contributed by atoms with Crippen molar-refractivity contribution in [3.8, 4) is 0 Å². The number of amides is 1. The number of likely N-dealkylation sites (tertiary alicyclic amines) is 1. The minimum atomic E-state index is 0.0981. The van der Waals surface area contributed by atoms with Gasteiger partial charge in [0.25, 0.3) is 0 Å². The Kier molecular flexibility index (Phi) is 6.35. The van der Waals surface area contributed by atoms with Crippen LogP contribution in [0.2, 0.25) is 0 Å². The number of anilines is 1. The first-order valence-corrected chi connectivity index (χ1v) is 11.9. The van der Waals surface area contributed by atoms with Gasteiger partial charge < -0.3 is 4.90 Å². The second kappa shape index (κ2) is 9.70. The third-order valence-electron chi connectivity index (χ3n) is 6.76. The normalized spacial score (nSPS) is 19.6. The van der Waals surface area contributed by atoms with Crippen LogP contribution in [0.15, 0.2) is 66.9 Å². The smallest absolute Gasteiger partial charge is 0.229 e. The van der Waals surface area contributed by atoms with E-state index >= 15 is 0 Å². The molecule has 0 aliphatic carbocycles. The molecule has 166 valence electrons. The van der Waals surface area contributed by atoms with Gasteiger partial charge in [-0.15, -0.1) is 0 Å². The van der Waals surface area contributed by atoms with E-state index in [0.29, 0.717) is 13.0 Å². The van der Waals surface area contributed by atoms with Gasteiger partial charge in [-0.3, -0.25) is 14.4 Å². The van der Waals surface area contributed by atoms with Crippen LogP contribution >= 0.6 is 0 Å². The van der Waals surface area contributed by atoms with Crippen molar-refractivity contribution in [3.63, 3.8) is 0 Å². The lowest BCUT2D eigenvalue weighted by molar-refractivity contribution is -0.117. The van der Waals surface area contributed by atoms with Crippen LogP contribution in [0.25, 0.3) is 0 Å². The second-order valence-electron chi connectivity index (χ2n) is 9.14. The van der Waals surface area contributed by atoms with Gasteiger partial charge in [0.05, 0.1) is 18.2 Å². The Hall–Kier alpha value is -2.92. The van der Waals surface area contributed by atoms with Crippen molar-refractivity contribution in [2.45, 2.75) is 51.1 Å². The van der Waals surface area contributed by atoms with Gasteiger partial charge in [-0.05, 0) is 68.1 Å². The Labute approximate surface area is 190 Å². The molecule has 1 atom stereocenters. The fourth-order valence-corrected chi connectivity index (χ4v) is 4.90. The highest BCUT2D eigenvalue weighted by Crippen LogP contribution is 2.28. The molecule has 3 aromatic rings. The zero-order valence-corrected chi connectivity index (χ0v) is 18.7. The summed E-state index contributed by atoms with van der Waals surface area (Å²) in [7, 11) is 0. The molecule has 0 radical (unpaired) electrons. The predicted octanol–water partition coefficient (Wildman–Crippen LogP) is 4.63. The zero-order valence-electron chi connectivity index (χ0n) is 18.7. The first kappa shape index (κ1) is 21.0. The molecular formula is C27H32N4O. The summed E-state index contributed by atoms with van der Waals surface area (Å²) in [5, 5.41) is 4.78. The molecule has 5 rings (SSSR count). The van der Waals surface area contributed by atoms with Crippen LogP contribution in [0.4, 0.5) is 5.69 Å². The maximum Gasteiger partial charge on any atom is 0.229 e. The van der Waals surface area contributed by atoms with E-state index in [1.807, 2.05) is 21.8 Å². The summed E-state index contributed by atoms with van der Waals surface area (Å²) < 4.78 is 1.99. The lowest BCUT2D eigenvalue weighted by Crippen LogP contribution is -2.29. The van der Waals surface area contributed by atoms with Crippen molar-refractivity contribution in [3.05, 3.63) is 83.7 Å². The largest absolute Gasteiger partial charge is 0.310 e. The van der Waals surface area contributed by atoms with Gasteiger partial charge in [0.2, 0.25) is 5.91 Å². The summed E-state index contributed by atoms with van der Waals surface area (Å²) in [5.41, 5.74) is 4.74. The molecule has 3 heterocycles. The van der Waals surface area contributed by atoms with Crippen LogP contribution in [-0.2, 0) is 24.2 Å². The number of aromatic nitrogens is 2. The number of nitrogens with zero attached hydrogens (tertiary/aromatic N) is 4. The van der Waals surface area contributed by atoms with Crippen LogP contribution in [-0.4, -0.2) is 40.2 Å². The molecule has 0 saturated carbocycles. The first-order valence-electron chi connectivity index (χ1n) is 11.9. The lowest BCUT2D eigenvalue weighted by Gasteiger charge is -2.26. The van der Waals surface area contributed by atoms with E-state index in [2.05, 4.69) is 59.5 Å². The van der Waals surface area contributed by atoms with Crippen LogP contribution in [0.1, 0.15) is 48.5 Å². The molecule has 1 unspecified atom stereocenters. The van der Waals surface area contributed by atoms with Gasteiger partial charge in [0.15, 0.2) is 0 Å². The van der Waals surface area contributed by atoms with Gasteiger partial charge in [0, 0.05) is 25.0 Å². The fraction of sp³-hybridized carbons (Fsp3) is 0.407. The van der Waals surface area contributed by atoms with E-state index in [9.17, 15) is 4.79 Å². The molecule has 5 heteroatoms. The summed E-state index contributed by atoms with van der Waals surface area (Å²) in [6.45, 7) is 4.09. The topological polar surface area (TPSA) is 41.4 Å². The Balaban J connectivity index is 1.18. The van der Waals surface area contributed by atoms with Crippen molar-refractivity contribution in [2.75, 3.05) is 24.5 Å². The Morgan fingerprint density at radius 3 is 2.41 bits per heavy atom. The molecule has 2 saturated heterocycles. The minimum absolute atomic E-state index is 0.0981. The fourth-order valence-electron chi connectivity index (χ4n) is 4.90. The highest BCUT2D eigenvalue weighted by atomic mass is 16.2. The maximum atomic E-state index is 12.8. The predicted molar refractivity (Wildman–Crippen MR) is 128 cm³/mol.